The van der Waals surface area contributed by atoms with Gasteiger partial charge in [-0.2, -0.15) is 0 Å². The fourth-order valence-electron chi connectivity index (χ4n) is 3.96. The van der Waals surface area contributed by atoms with Crippen molar-refractivity contribution in [1.82, 2.24) is 14.5 Å². The summed E-state index contributed by atoms with van der Waals surface area (Å²) in [5.74, 6) is -1.04. The van der Waals surface area contributed by atoms with E-state index < -0.39 is 17.7 Å². The van der Waals surface area contributed by atoms with Crippen LogP contribution in [0.5, 0.6) is 0 Å². The van der Waals surface area contributed by atoms with Crippen molar-refractivity contribution >= 4 is 28.5 Å². The third-order valence-electron chi connectivity index (χ3n) is 5.30. The van der Waals surface area contributed by atoms with Gasteiger partial charge >= 0.3 is 5.97 Å². The fourth-order valence-corrected chi connectivity index (χ4v) is 4.09. The second-order valence-electron chi connectivity index (χ2n) is 9.13. The van der Waals surface area contributed by atoms with Crippen LogP contribution in [-0.4, -0.2) is 31.2 Å². The summed E-state index contributed by atoms with van der Waals surface area (Å²) in [7, 11) is 1.91. The van der Waals surface area contributed by atoms with Crippen LogP contribution in [0.1, 0.15) is 38.0 Å². The summed E-state index contributed by atoms with van der Waals surface area (Å²) >= 11 is 6.14. The Morgan fingerprint density at radius 3 is 2.39 bits per heavy atom. The van der Waals surface area contributed by atoms with E-state index in [0.717, 1.165) is 39.0 Å². The average molecular weight is 464 g/mol. The molecule has 6 nitrogen and oxygen atoms in total. The van der Waals surface area contributed by atoms with Crippen LogP contribution in [0.25, 0.3) is 33.4 Å². The molecule has 0 aliphatic carbocycles. The van der Waals surface area contributed by atoms with Gasteiger partial charge in [0.05, 0.1) is 23.1 Å². The Balaban J connectivity index is 2.02. The highest BCUT2D eigenvalue weighted by Crippen LogP contribution is 2.40. The number of carbonyl (C=O) groups is 1. The molecule has 0 aliphatic rings. The van der Waals surface area contributed by atoms with E-state index in [2.05, 4.69) is 4.98 Å². The molecule has 0 fully saturated rings. The van der Waals surface area contributed by atoms with Crippen molar-refractivity contribution in [2.24, 2.45) is 7.05 Å². The Kier molecular flexibility index (Phi) is 5.99. The summed E-state index contributed by atoms with van der Waals surface area (Å²) in [5, 5.41) is 11.6. The summed E-state index contributed by atoms with van der Waals surface area (Å²) < 4.78 is 7.91. The molecule has 0 bridgehead atoms. The number of rotatable bonds is 5. The minimum atomic E-state index is -1.14. The fraction of sp³-hybridized carbons (Fsp3) is 0.269. The molecule has 0 saturated heterocycles. The summed E-state index contributed by atoms with van der Waals surface area (Å²) in [5.41, 5.74) is 4.64. The van der Waals surface area contributed by atoms with E-state index in [1.165, 1.54) is 0 Å². The van der Waals surface area contributed by atoms with Crippen molar-refractivity contribution < 1.29 is 14.6 Å². The number of benzene rings is 2. The van der Waals surface area contributed by atoms with Gasteiger partial charge in [-0.05, 0) is 74.7 Å². The minimum Gasteiger partial charge on any atom is -0.479 e. The number of carboxylic acids is 1. The second kappa shape index (κ2) is 8.61. The molecule has 4 aromatic rings. The second-order valence-corrected chi connectivity index (χ2v) is 9.56. The standard InChI is InChI=1S/C26H26ClN3O3/c1-15-12-20-18(10-11-19(29-20)21-13-30(5)14-28-21)23(16-6-8-17(27)9-7-16)22(15)24(25(31)32)33-26(2,3)4/h6-14,24H,1-5H3,(H,31,32)/t24-/m0/s1. The molecule has 0 radical (unpaired) electrons. The third-order valence-corrected chi connectivity index (χ3v) is 5.55. The van der Waals surface area contributed by atoms with Gasteiger partial charge in [-0.1, -0.05) is 23.7 Å². The molecule has 33 heavy (non-hydrogen) atoms. The lowest BCUT2D eigenvalue weighted by Crippen LogP contribution is -2.28. The van der Waals surface area contributed by atoms with Crippen LogP contribution in [-0.2, 0) is 16.6 Å². The summed E-state index contributed by atoms with van der Waals surface area (Å²) in [6.07, 6.45) is 2.50. The van der Waals surface area contributed by atoms with Crippen LogP contribution in [0.3, 0.4) is 0 Å². The van der Waals surface area contributed by atoms with E-state index in [-0.39, 0.29) is 0 Å². The molecular weight excluding hydrogens is 438 g/mol. The average Bonchev–Trinajstić information content (AvgIpc) is 3.17. The van der Waals surface area contributed by atoms with Crippen LogP contribution in [0.4, 0.5) is 0 Å². The SMILES string of the molecule is Cc1cc2nc(-c3cn(C)cn3)ccc2c(-c2ccc(Cl)cc2)c1[C@H](OC(C)(C)C)C(=O)O. The van der Waals surface area contributed by atoms with Crippen molar-refractivity contribution in [3.05, 3.63) is 71.1 Å². The number of hydrogen-bond acceptors (Lipinski definition) is 4. The van der Waals surface area contributed by atoms with Crippen molar-refractivity contribution in [3.63, 3.8) is 0 Å². The van der Waals surface area contributed by atoms with Crippen LogP contribution >= 0.6 is 11.6 Å². The quantitative estimate of drug-likeness (QED) is 0.381. The highest BCUT2D eigenvalue weighted by Gasteiger charge is 2.31. The van der Waals surface area contributed by atoms with Crippen LogP contribution in [0.2, 0.25) is 5.02 Å². The molecule has 0 amide bonds. The van der Waals surface area contributed by atoms with Crippen molar-refractivity contribution in [2.45, 2.75) is 39.4 Å². The van der Waals surface area contributed by atoms with Gasteiger partial charge in [-0.15, -0.1) is 0 Å². The highest BCUT2D eigenvalue weighted by molar-refractivity contribution is 6.30. The third kappa shape index (κ3) is 4.77. The van der Waals surface area contributed by atoms with E-state index in [1.807, 2.05) is 75.8 Å². The van der Waals surface area contributed by atoms with Gasteiger partial charge < -0.3 is 14.4 Å². The van der Waals surface area contributed by atoms with Crippen LogP contribution < -0.4 is 0 Å². The Labute approximate surface area is 197 Å². The first-order chi connectivity index (χ1) is 15.5. The largest absolute Gasteiger partial charge is 0.479 e. The molecule has 7 heteroatoms. The molecule has 1 atom stereocenters. The lowest BCUT2D eigenvalue weighted by atomic mass is 9.88. The van der Waals surface area contributed by atoms with Crippen LogP contribution in [0, 0.1) is 6.92 Å². The topological polar surface area (TPSA) is 77.2 Å². The predicted octanol–water partition coefficient (Wildman–Crippen LogP) is 6.20. The highest BCUT2D eigenvalue weighted by atomic mass is 35.5. The molecular formula is C26H26ClN3O3. The number of fused-ring (bicyclic) bond motifs is 1. The number of aliphatic carboxylic acids is 1. The number of carboxylic acid groups (broad SMARTS) is 1. The minimum absolute atomic E-state index is 0.605. The van der Waals surface area contributed by atoms with E-state index in [9.17, 15) is 9.90 Å². The molecule has 2 aromatic heterocycles. The van der Waals surface area contributed by atoms with E-state index in [0.29, 0.717) is 10.6 Å². The summed E-state index contributed by atoms with van der Waals surface area (Å²) in [6.45, 7) is 7.44. The Morgan fingerprint density at radius 2 is 1.82 bits per heavy atom. The lowest BCUT2D eigenvalue weighted by molar-refractivity contribution is -0.160. The van der Waals surface area contributed by atoms with Gasteiger partial charge in [0.1, 0.15) is 5.69 Å². The molecule has 0 unspecified atom stereocenters. The maximum atomic E-state index is 12.4. The van der Waals surface area contributed by atoms with E-state index in [4.69, 9.17) is 21.3 Å². The summed E-state index contributed by atoms with van der Waals surface area (Å²) in [4.78, 5) is 21.6. The molecule has 0 saturated carbocycles. The number of nitrogens with zero attached hydrogens (tertiary/aromatic N) is 3. The Morgan fingerprint density at radius 1 is 1.12 bits per heavy atom. The van der Waals surface area contributed by atoms with Gasteiger partial charge in [0.25, 0.3) is 0 Å². The number of hydrogen-bond donors (Lipinski definition) is 1. The number of aryl methyl sites for hydroxylation is 2. The maximum Gasteiger partial charge on any atom is 0.337 e. The van der Waals surface area contributed by atoms with E-state index in [1.54, 1.807) is 18.5 Å². The maximum absolute atomic E-state index is 12.4. The smallest absolute Gasteiger partial charge is 0.337 e. The number of ether oxygens (including phenoxy) is 1. The predicted molar refractivity (Wildman–Crippen MR) is 130 cm³/mol. The van der Waals surface area contributed by atoms with Crippen molar-refractivity contribution in [1.29, 1.82) is 0 Å². The Bertz CT molecular complexity index is 1340. The first-order valence-electron chi connectivity index (χ1n) is 10.6. The molecule has 2 heterocycles. The molecule has 170 valence electrons. The first kappa shape index (κ1) is 23.0. The van der Waals surface area contributed by atoms with Gasteiger partial charge in [0.15, 0.2) is 6.10 Å². The van der Waals surface area contributed by atoms with Gasteiger partial charge in [0, 0.05) is 29.2 Å². The number of halogens is 1. The van der Waals surface area contributed by atoms with Gasteiger partial charge in [-0.3, -0.25) is 0 Å². The zero-order valence-electron chi connectivity index (χ0n) is 19.3. The Hall–Kier alpha value is -3.22. The molecule has 0 spiro atoms. The monoisotopic (exact) mass is 463 g/mol. The first-order valence-corrected chi connectivity index (χ1v) is 11.0. The summed E-state index contributed by atoms with van der Waals surface area (Å²) in [6, 6.07) is 13.2. The molecule has 0 aliphatic heterocycles. The zero-order valence-corrected chi connectivity index (χ0v) is 20.0. The van der Waals surface area contributed by atoms with Crippen molar-refractivity contribution in [2.75, 3.05) is 0 Å². The zero-order chi connectivity index (χ0) is 23.9. The van der Waals surface area contributed by atoms with Gasteiger partial charge in [0.2, 0.25) is 0 Å². The number of aromatic nitrogens is 3. The number of imidazole rings is 1. The van der Waals surface area contributed by atoms with E-state index >= 15 is 0 Å². The normalized spacial score (nSPS) is 12.8. The molecule has 1 N–H and O–H groups in total. The molecule has 2 aromatic carbocycles. The molecule has 4 rings (SSSR count). The number of pyridine rings is 1. The van der Waals surface area contributed by atoms with Crippen molar-refractivity contribution in [3.8, 4) is 22.5 Å². The van der Waals surface area contributed by atoms with Crippen LogP contribution in [0.15, 0.2) is 55.0 Å². The van der Waals surface area contributed by atoms with Gasteiger partial charge in [-0.25, -0.2) is 14.8 Å². The lowest BCUT2D eigenvalue weighted by Gasteiger charge is -2.28.